The van der Waals surface area contributed by atoms with Crippen LogP contribution in [0.1, 0.15) is 50.4 Å². The number of carbonyl (C=O) groups is 2. The van der Waals surface area contributed by atoms with Crippen LogP contribution < -0.4 is 19.7 Å². The van der Waals surface area contributed by atoms with Gasteiger partial charge in [-0.25, -0.2) is 4.79 Å². The van der Waals surface area contributed by atoms with Crippen molar-refractivity contribution in [1.29, 1.82) is 0 Å². The highest BCUT2D eigenvalue weighted by molar-refractivity contribution is 5.98. The van der Waals surface area contributed by atoms with Gasteiger partial charge in [-0.05, 0) is 75.6 Å². The molecule has 2 aromatic carbocycles. The Morgan fingerprint density at radius 1 is 1.14 bits per heavy atom. The van der Waals surface area contributed by atoms with Crippen LogP contribution in [0.15, 0.2) is 42.5 Å². The van der Waals surface area contributed by atoms with E-state index in [0.717, 1.165) is 24.9 Å². The number of urea groups is 1. The van der Waals surface area contributed by atoms with Gasteiger partial charge in [0, 0.05) is 58.1 Å². The van der Waals surface area contributed by atoms with E-state index < -0.39 is 6.04 Å². The number of fused-ring (bicyclic) bond motifs is 1. The largest absolute Gasteiger partial charge is 0.497 e. The zero-order valence-corrected chi connectivity index (χ0v) is 26.1. The average molecular weight is 585 g/mol. The number of rotatable bonds is 7. The third-order valence-corrected chi connectivity index (χ3v) is 7.69. The van der Waals surface area contributed by atoms with E-state index in [0.29, 0.717) is 42.4 Å². The lowest BCUT2D eigenvalue weighted by atomic mass is 10.0. The second kappa shape index (κ2) is 15.7. The first-order valence-corrected chi connectivity index (χ1v) is 14.7. The fourth-order valence-electron chi connectivity index (χ4n) is 4.90. The van der Waals surface area contributed by atoms with Crippen molar-refractivity contribution in [2.24, 2.45) is 5.92 Å². The highest BCUT2D eigenvalue weighted by Gasteiger charge is 2.31. The van der Waals surface area contributed by atoms with E-state index in [2.05, 4.69) is 5.32 Å². The molecular formula is C32H48N4O6. The molecule has 0 spiro atoms. The van der Waals surface area contributed by atoms with Gasteiger partial charge in [-0.15, -0.1) is 0 Å². The van der Waals surface area contributed by atoms with Crippen LogP contribution in [-0.2, 0) is 4.74 Å². The number of ether oxygens (including phenoxy) is 3. The lowest BCUT2D eigenvalue weighted by molar-refractivity contribution is -0.0115. The minimum absolute atomic E-state index is 0.0871. The zero-order valence-electron chi connectivity index (χ0n) is 26.1. The first-order valence-electron chi connectivity index (χ1n) is 14.7. The van der Waals surface area contributed by atoms with Crippen LogP contribution in [0.2, 0.25) is 0 Å². The van der Waals surface area contributed by atoms with E-state index >= 15 is 0 Å². The molecule has 0 radical (unpaired) electrons. The maximum absolute atomic E-state index is 14.1. The summed E-state index contributed by atoms with van der Waals surface area (Å²) in [6.45, 7) is 6.87. The van der Waals surface area contributed by atoms with Gasteiger partial charge >= 0.3 is 6.03 Å². The number of benzene rings is 2. The third kappa shape index (κ3) is 9.00. The Kier molecular flexibility index (Phi) is 12.3. The number of amides is 3. The van der Waals surface area contributed by atoms with E-state index in [1.54, 1.807) is 48.2 Å². The summed E-state index contributed by atoms with van der Waals surface area (Å²) < 4.78 is 17.8. The van der Waals surface area contributed by atoms with Crippen molar-refractivity contribution < 1.29 is 28.9 Å². The Morgan fingerprint density at radius 2 is 1.86 bits per heavy atom. The molecule has 2 aromatic rings. The molecule has 0 fully saturated rings. The lowest BCUT2D eigenvalue weighted by Gasteiger charge is -2.36. The predicted octanol–water partition coefficient (Wildman–Crippen LogP) is 4.72. The van der Waals surface area contributed by atoms with Gasteiger partial charge in [0.2, 0.25) is 0 Å². The van der Waals surface area contributed by atoms with Crippen LogP contribution in [0.25, 0.3) is 0 Å². The molecule has 2 N–H and O–H groups in total. The Morgan fingerprint density at radius 3 is 2.50 bits per heavy atom. The molecule has 3 amide bonds. The number of aliphatic hydroxyl groups is 1. The molecule has 0 aromatic heterocycles. The molecule has 0 saturated heterocycles. The molecule has 0 unspecified atom stereocenters. The van der Waals surface area contributed by atoms with Crippen molar-refractivity contribution in [3.8, 4) is 11.5 Å². The van der Waals surface area contributed by atoms with Crippen molar-refractivity contribution in [1.82, 2.24) is 9.80 Å². The van der Waals surface area contributed by atoms with Crippen LogP contribution in [0.3, 0.4) is 0 Å². The topological polar surface area (TPSA) is 104 Å². The molecule has 4 atom stereocenters. The summed E-state index contributed by atoms with van der Waals surface area (Å²) in [6.07, 6.45) is 2.15. The highest BCUT2D eigenvalue weighted by atomic mass is 16.5. The van der Waals surface area contributed by atoms with E-state index in [4.69, 9.17) is 14.2 Å². The number of likely N-dealkylation sites (N-methyl/N-ethyl adjacent to an activating group) is 1. The Hall–Kier alpha value is -3.50. The van der Waals surface area contributed by atoms with Crippen molar-refractivity contribution >= 4 is 23.3 Å². The molecule has 0 saturated carbocycles. The minimum atomic E-state index is -0.433. The number of methoxy groups -OCH3 is 1. The molecule has 1 aliphatic rings. The first kappa shape index (κ1) is 33.0. The van der Waals surface area contributed by atoms with Crippen LogP contribution in [-0.4, -0.2) is 99.7 Å². The van der Waals surface area contributed by atoms with Gasteiger partial charge in [-0.3, -0.25) is 4.79 Å². The number of aliphatic hydroxyl groups excluding tert-OH is 1. The number of hydrogen-bond acceptors (Lipinski definition) is 7. The van der Waals surface area contributed by atoms with E-state index in [9.17, 15) is 14.7 Å². The fourth-order valence-corrected chi connectivity index (χ4v) is 4.90. The molecule has 3 rings (SSSR count). The second-order valence-electron chi connectivity index (χ2n) is 11.4. The Bertz CT molecular complexity index is 1160. The summed E-state index contributed by atoms with van der Waals surface area (Å²) in [5.41, 5.74) is 2.01. The highest BCUT2D eigenvalue weighted by Crippen LogP contribution is 2.29. The van der Waals surface area contributed by atoms with Gasteiger partial charge < -0.3 is 39.3 Å². The van der Waals surface area contributed by atoms with Gasteiger partial charge in [-0.2, -0.15) is 0 Å². The van der Waals surface area contributed by atoms with E-state index in [1.807, 2.05) is 58.0 Å². The molecule has 0 aliphatic carbocycles. The first-order chi connectivity index (χ1) is 20.0. The Balaban J connectivity index is 1.86. The van der Waals surface area contributed by atoms with E-state index in [1.165, 1.54) is 0 Å². The quantitative estimate of drug-likeness (QED) is 0.485. The van der Waals surface area contributed by atoms with Crippen molar-refractivity contribution in [2.45, 2.75) is 58.3 Å². The molecule has 1 aliphatic heterocycles. The molecule has 1 heterocycles. The fraction of sp³-hybridized carbons (Fsp3) is 0.562. The average Bonchev–Trinajstić information content (AvgIpc) is 2.98. The van der Waals surface area contributed by atoms with Gasteiger partial charge in [0.25, 0.3) is 5.91 Å². The molecule has 42 heavy (non-hydrogen) atoms. The molecule has 10 nitrogen and oxygen atoms in total. The maximum Gasteiger partial charge on any atom is 0.321 e. The summed E-state index contributed by atoms with van der Waals surface area (Å²) in [4.78, 5) is 32.4. The zero-order chi connectivity index (χ0) is 30.8. The number of carbonyl (C=O) groups excluding carboxylic acids is 2. The third-order valence-electron chi connectivity index (χ3n) is 7.69. The molecule has 10 heteroatoms. The van der Waals surface area contributed by atoms with Crippen molar-refractivity contribution in [3.63, 3.8) is 0 Å². The molecule has 0 bridgehead atoms. The summed E-state index contributed by atoms with van der Waals surface area (Å²) in [5, 5.41) is 13.0. The number of anilines is 2. The smallest absolute Gasteiger partial charge is 0.321 e. The Labute approximate surface area is 250 Å². The second-order valence-corrected chi connectivity index (χ2v) is 11.4. The SMILES string of the molecule is COc1ccc(NC(=O)N(C)C[C@H]2OCCCC[C@@H](C)Oc3ccc(N(C)C)cc3C(=O)N([C@H](C)CO)C[C@H]2C)cc1. The van der Waals surface area contributed by atoms with Gasteiger partial charge in [0.15, 0.2) is 0 Å². The van der Waals surface area contributed by atoms with Crippen LogP contribution in [0.5, 0.6) is 11.5 Å². The summed E-state index contributed by atoms with van der Waals surface area (Å²) >= 11 is 0. The lowest BCUT2D eigenvalue weighted by Crippen LogP contribution is -2.48. The molecule has 232 valence electrons. The number of hydrogen-bond donors (Lipinski definition) is 2. The summed E-state index contributed by atoms with van der Waals surface area (Å²) in [6, 6.07) is 12.1. The maximum atomic E-state index is 14.1. The van der Waals surface area contributed by atoms with Gasteiger partial charge in [-0.1, -0.05) is 6.92 Å². The number of nitrogens with zero attached hydrogens (tertiary/aromatic N) is 3. The van der Waals surface area contributed by atoms with Gasteiger partial charge in [0.05, 0.1) is 37.5 Å². The van der Waals surface area contributed by atoms with Crippen molar-refractivity contribution in [3.05, 3.63) is 48.0 Å². The minimum Gasteiger partial charge on any atom is -0.497 e. The van der Waals surface area contributed by atoms with Crippen LogP contribution >= 0.6 is 0 Å². The summed E-state index contributed by atoms with van der Waals surface area (Å²) in [7, 11) is 7.19. The van der Waals surface area contributed by atoms with Gasteiger partial charge in [0.1, 0.15) is 11.5 Å². The standard InChI is InChI=1S/C32H48N4O6/c1-22-19-36(23(2)21-37)31(38)28-18-26(34(4)5)13-16-29(28)42-24(3)10-8-9-17-41-30(22)20-35(6)32(39)33-25-11-14-27(40-7)15-12-25/h11-16,18,22-24,30,37H,8-10,17,19-21H2,1-7H3,(H,33,39)/t22-,23-,24-,30-/m1/s1. The van der Waals surface area contributed by atoms with Crippen molar-refractivity contribution in [2.75, 3.05) is 64.8 Å². The van der Waals surface area contributed by atoms with Crippen LogP contribution in [0.4, 0.5) is 16.2 Å². The van der Waals surface area contributed by atoms with Crippen LogP contribution in [0, 0.1) is 5.92 Å². The summed E-state index contributed by atoms with van der Waals surface area (Å²) in [5.74, 6) is 0.903. The molecular weight excluding hydrogens is 536 g/mol. The number of nitrogens with one attached hydrogen (secondary N) is 1. The van der Waals surface area contributed by atoms with E-state index in [-0.39, 0.29) is 36.7 Å². The normalized spacial score (nSPS) is 20.9. The monoisotopic (exact) mass is 584 g/mol. The predicted molar refractivity (Wildman–Crippen MR) is 166 cm³/mol.